The van der Waals surface area contributed by atoms with Gasteiger partial charge in [-0.15, -0.1) is 0 Å². The predicted molar refractivity (Wildman–Crippen MR) is 77.0 cm³/mol. The largest absolute Gasteiger partial charge is 0.325 e. The summed E-state index contributed by atoms with van der Waals surface area (Å²) in [6, 6.07) is 7.14. The molecule has 1 rings (SSSR count). The number of nitrogens with one attached hydrogen (secondary N) is 2. The number of hydrogen-bond donors (Lipinski definition) is 2. The van der Waals surface area contributed by atoms with Gasteiger partial charge in [0.1, 0.15) is 0 Å². The summed E-state index contributed by atoms with van der Waals surface area (Å²) >= 11 is 5.84. The molecule has 0 aliphatic carbocycles. The highest BCUT2D eigenvalue weighted by Gasteiger charge is 2.14. The minimum atomic E-state index is -0.0517. The van der Waals surface area contributed by atoms with E-state index in [1.807, 2.05) is 12.1 Å². The number of carbonyl (C=O) groups is 1. The SMILES string of the molecule is CCC(C)(C)CNCC(=O)Nc1cccc(Cl)c1. The third kappa shape index (κ3) is 5.52. The fraction of sp³-hybridized carbons (Fsp3) is 0.500. The molecule has 100 valence electrons. The minimum absolute atomic E-state index is 0.0517. The molecule has 0 aliphatic rings. The molecule has 3 nitrogen and oxygen atoms in total. The molecule has 0 fully saturated rings. The molecule has 18 heavy (non-hydrogen) atoms. The summed E-state index contributed by atoms with van der Waals surface area (Å²) in [6.45, 7) is 7.64. The van der Waals surface area contributed by atoms with Crippen LogP contribution in [0.4, 0.5) is 5.69 Å². The van der Waals surface area contributed by atoms with Gasteiger partial charge in [-0.1, -0.05) is 38.4 Å². The van der Waals surface area contributed by atoms with Gasteiger partial charge in [0.15, 0.2) is 0 Å². The fourth-order valence-corrected chi connectivity index (χ4v) is 1.60. The third-order valence-electron chi connectivity index (χ3n) is 2.95. The molecule has 4 heteroatoms. The molecule has 0 aromatic heterocycles. The van der Waals surface area contributed by atoms with E-state index >= 15 is 0 Å². The van der Waals surface area contributed by atoms with Crippen molar-refractivity contribution in [1.82, 2.24) is 5.32 Å². The lowest BCUT2D eigenvalue weighted by atomic mass is 9.90. The maximum atomic E-state index is 11.7. The van der Waals surface area contributed by atoms with E-state index in [2.05, 4.69) is 31.4 Å². The molecular weight excluding hydrogens is 248 g/mol. The summed E-state index contributed by atoms with van der Waals surface area (Å²) in [5.74, 6) is -0.0517. The summed E-state index contributed by atoms with van der Waals surface area (Å²) in [4.78, 5) is 11.7. The Kier molecular flexibility index (Phi) is 5.63. The van der Waals surface area contributed by atoms with E-state index in [0.29, 0.717) is 11.6 Å². The standard InChI is InChI=1S/C14H21ClN2O/c1-4-14(2,3)10-16-9-13(18)17-12-7-5-6-11(15)8-12/h5-8,16H,4,9-10H2,1-3H3,(H,17,18). The average molecular weight is 269 g/mol. The predicted octanol–water partition coefficient (Wildman–Crippen LogP) is 3.30. The van der Waals surface area contributed by atoms with E-state index in [1.165, 1.54) is 0 Å². The van der Waals surface area contributed by atoms with Gasteiger partial charge < -0.3 is 10.6 Å². The van der Waals surface area contributed by atoms with Crippen molar-refractivity contribution in [1.29, 1.82) is 0 Å². The van der Waals surface area contributed by atoms with Gasteiger partial charge in [0.05, 0.1) is 6.54 Å². The van der Waals surface area contributed by atoms with Crippen molar-refractivity contribution < 1.29 is 4.79 Å². The maximum Gasteiger partial charge on any atom is 0.238 e. The summed E-state index contributed by atoms with van der Waals surface area (Å²) in [5.41, 5.74) is 0.945. The van der Waals surface area contributed by atoms with Crippen LogP contribution < -0.4 is 10.6 Å². The Balaban J connectivity index is 2.34. The zero-order valence-electron chi connectivity index (χ0n) is 11.2. The quantitative estimate of drug-likeness (QED) is 0.831. The van der Waals surface area contributed by atoms with Crippen LogP contribution in [0.2, 0.25) is 5.02 Å². The topological polar surface area (TPSA) is 41.1 Å². The molecule has 0 bridgehead atoms. The number of amides is 1. The van der Waals surface area contributed by atoms with Crippen LogP contribution in [0.5, 0.6) is 0 Å². The van der Waals surface area contributed by atoms with Crippen LogP contribution in [0.15, 0.2) is 24.3 Å². The Bertz CT molecular complexity index is 405. The van der Waals surface area contributed by atoms with Gasteiger partial charge in [-0.25, -0.2) is 0 Å². The fourth-order valence-electron chi connectivity index (χ4n) is 1.41. The zero-order valence-corrected chi connectivity index (χ0v) is 12.0. The Morgan fingerprint density at radius 1 is 1.39 bits per heavy atom. The van der Waals surface area contributed by atoms with E-state index in [4.69, 9.17) is 11.6 Å². The van der Waals surface area contributed by atoms with Crippen molar-refractivity contribution in [2.24, 2.45) is 5.41 Å². The number of benzene rings is 1. The number of rotatable bonds is 6. The summed E-state index contributed by atoms with van der Waals surface area (Å²) in [6.07, 6.45) is 1.08. The Hall–Kier alpha value is -1.06. The second-order valence-corrected chi connectivity index (χ2v) is 5.62. The summed E-state index contributed by atoms with van der Waals surface area (Å²) < 4.78 is 0. The molecule has 0 saturated carbocycles. The minimum Gasteiger partial charge on any atom is -0.325 e. The maximum absolute atomic E-state index is 11.7. The van der Waals surface area contributed by atoms with Crippen LogP contribution in [0.25, 0.3) is 0 Å². The van der Waals surface area contributed by atoms with Gasteiger partial charge in [0.2, 0.25) is 5.91 Å². The molecule has 2 N–H and O–H groups in total. The molecule has 0 saturated heterocycles. The van der Waals surface area contributed by atoms with Gasteiger partial charge in [0, 0.05) is 17.3 Å². The lowest BCUT2D eigenvalue weighted by Crippen LogP contribution is -2.34. The zero-order chi connectivity index (χ0) is 13.6. The molecule has 0 aliphatic heterocycles. The lowest BCUT2D eigenvalue weighted by Gasteiger charge is -2.22. The monoisotopic (exact) mass is 268 g/mol. The molecule has 0 spiro atoms. The van der Waals surface area contributed by atoms with Crippen molar-refractivity contribution in [2.75, 3.05) is 18.4 Å². The highest BCUT2D eigenvalue weighted by Crippen LogP contribution is 2.17. The number of anilines is 1. The van der Waals surface area contributed by atoms with Crippen LogP contribution >= 0.6 is 11.6 Å². The average Bonchev–Trinajstić information content (AvgIpc) is 2.28. The molecule has 0 radical (unpaired) electrons. The second kappa shape index (κ2) is 6.76. The lowest BCUT2D eigenvalue weighted by molar-refractivity contribution is -0.115. The van der Waals surface area contributed by atoms with E-state index in [1.54, 1.807) is 12.1 Å². The first-order valence-electron chi connectivity index (χ1n) is 6.19. The summed E-state index contributed by atoms with van der Waals surface area (Å²) in [7, 11) is 0. The Labute approximate surface area is 114 Å². The van der Waals surface area contributed by atoms with Crippen LogP contribution in [-0.4, -0.2) is 19.0 Å². The molecule has 1 amide bonds. The molecule has 0 heterocycles. The molecule has 0 unspecified atom stereocenters. The van der Waals surface area contributed by atoms with Crippen LogP contribution in [0.3, 0.4) is 0 Å². The van der Waals surface area contributed by atoms with E-state index in [-0.39, 0.29) is 11.3 Å². The molecule has 0 atom stereocenters. The first-order chi connectivity index (χ1) is 8.43. The third-order valence-corrected chi connectivity index (χ3v) is 3.19. The van der Waals surface area contributed by atoms with Crippen molar-refractivity contribution in [3.63, 3.8) is 0 Å². The van der Waals surface area contributed by atoms with Crippen LogP contribution in [0, 0.1) is 5.41 Å². The number of halogens is 1. The summed E-state index contributed by atoms with van der Waals surface area (Å²) in [5, 5.41) is 6.59. The smallest absolute Gasteiger partial charge is 0.238 e. The molecule has 1 aromatic carbocycles. The highest BCUT2D eigenvalue weighted by atomic mass is 35.5. The number of carbonyl (C=O) groups excluding carboxylic acids is 1. The van der Waals surface area contributed by atoms with Crippen molar-refractivity contribution in [2.45, 2.75) is 27.2 Å². The normalized spacial score (nSPS) is 11.3. The van der Waals surface area contributed by atoms with Gasteiger partial charge in [-0.2, -0.15) is 0 Å². The number of hydrogen-bond acceptors (Lipinski definition) is 2. The van der Waals surface area contributed by atoms with E-state index in [0.717, 1.165) is 18.7 Å². The van der Waals surface area contributed by atoms with Crippen molar-refractivity contribution in [3.8, 4) is 0 Å². The van der Waals surface area contributed by atoms with Gasteiger partial charge in [-0.05, 0) is 30.0 Å². The second-order valence-electron chi connectivity index (χ2n) is 5.18. The first kappa shape index (κ1) is 15.0. The van der Waals surface area contributed by atoms with Crippen LogP contribution in [-0.2, 0) is 4.79 Å². The van der Waals surface area contributed by atoms with Crippen molar-refractivity contribution >= 4 is 23.2 Å². The van der Waals surface area contributed by atoms with Gasteiger partial charge >= 0.3 is 0 Å². The van der Waals surface area contributed by atoms with Crippen molar-refractivity contribution in [3.05, 3.63) is 29.3 Å². The molecule has 1 aromatic rings. The van der Waals surface area contributed by atoms with E-state index < -0.39 is 0 Å². The van der Waals surface area contributed by atoms with Gasteiger partial charge in [-0.3, -0.25) is 4.79 Å². The van der Waals surface area contributed by atoms with E-state index in [9.17, 15) is 4.79 Å². The Morgan fingerprint density at radius 3 is 2.72 bits per heavy atom. The first-order valence-corrected chi connectivity index (χ1v) is 6.57. The molecular formula is C14H21ClN2O. The highest BCUT2D eigenvalue weighted by molar-refractivity contribution is 6.30. The van der Waals surface area contributed by atoms with Gasteiger partial charge in [0.25, 0.3) is 0 Å². The van der Waals surface area contributed by atoms with Crippen LogP contribution in [0.1, 0.15) is 27.2 Å². The Morgan fingerprint density at radius 2 is 2.11 bits per heavy atom.